The fourth-order valence-corrected chi connectivity index (χ4v) is 3.98. The summed E-state index contributed by atoms with van der Waals surface area (Å²) in [4.78, 5) is 14.6. The summed E-state index contributed by atoms with van der Waals surface area (Å²) in [6.45, 7) is 3.19. The number of carbonyl (C=O) groups excluding carboxylic acids is 1. The molecule has 24 heavy (non-hydrogen) atoms. The van der Waals surface area contributed by atoms with Crippen molar-refractivity contribution < 1.29 is 9.18 Å². The van der Waals surface area contributed by atoms with Crippen molar-refractivity contribution >= 4 is 5.91 Å². The lowest BCUT2D eigenvalue weighted by Crippen LogP contribution is -2.53. The molecule has 0 spiro atoms. The third-order valence-electron chi connectivity index (χ3n) is 5.45. The molecule has 3 N–H and O–H groups in total. The number of hydrogen-bond acceptors (Lipinski definition) is 3. The first-order chi connectivity index (χ1) is 11.6. The van der Waals surface area contributed by atoms with Crippen LogP contribution in [-0.4, -0.2) is 36.0 Å². The van der Waals surface area contributed by atoms with Crippen LogP contribution in [-0.2, 0) is 11.3 Å². The SMILES string of the molecule is NC1(C(=O)NC[C@@H]2CCCN(Cc3ccccc3F)C2)CCCC1. The Morgan fingerprint density at radius 3 is 2.79 bits per heavy atom. The number of piperidine rings is 1. The summed E-state index contributed by atoms with van der Waals surface area (Å²) in [6.07, 6.45) is 5.87. The normalized spacial score (nSPS) is 24.0. The summed E-state index contributed by atoms with van der Waals surface area (Å²) >= 11 is 0. The molecule has 3 rings (SSSR count). The second-order valence-corrected chi connectivity index (χ2v) is 7.41. The van der Waals surface area contributed by atoms with Crippen molar-refractivity contribution in [1.82, 2.24) is 10.2 Å². The lowest BCUT2D eigenvalue weighted by Gasteiger charge is -2.33. The van der Waals surface area contributed by atoms with Crippen LogP contribution in [0.1, 0.15) is 44.1 Å². The minimum Gasteiger partial charge on any atom is -0.354 e. The largest absolute Gasteiger partial charge is 0.354 e. The summed E-state index contributed by atoms with van der Waals surface area (Å²) in [6, 6.07) is 6.96. The van der Waals surface area contributed by atoms with E-state index in [4.69, 9.17) is 5.73 Å². The second kappa shape index (κ2) is 7.62. The molecule has 1 aromatic carbocycles. The van der Waals surface area contributed by atoms with Gasteiger partial charge < -0.3 is 11.1 Å². The van der Waals surface area contributed by atoms with Crippen LogP contribution in [0.5, 0.6) is 0 Å². The molecule has 0 radical (unpaired) electrons. The number of likely N-dealkylation sites (tertiary alicyclic amines) is 1. The summed E-state index contributed by atoms with van der Waals surface area (Å²) in [5, 5.41) is 3.07. The molecule has 1 aliphatic heterocycles. The molecule has 0 bridgehead atoms. The van der Waals surface area contributed by atoms with E-state index in [9.17, 15) is 9.18 Å². The molecule has 1 amide bonds. The number of nitrogens with two attached hydrogens (primary N) is 1. The Hall–Kier alpha value is -1.46. The molecular formula is C19H28FN3O. The molecule has 1 saturated carbocycles. The highest BCUT2D eigenvalue weighted by Crippen LogP contribution is 2.27. The number of benzene rings is 1. The Kier molecular flexibility index (Phi) is 5.51. The third-order valence-corrected chi connectivity index (χ3v) is 5.45. The smallest absolute Gasteiger partial charge is 0.240 e. The summed E-state index contributed by atoms with van der Waals surface area (Å²) in [7, 11) is 0. The molecule has 2 fully saturated rings. The van der Waals surface area contributed by atoms with E-state index in [2.05, 4.69) is 10.2 Å². The monoisotopic (exact) mass is 333 g/mol. The van der Waals surface area contributed by atoms with Gasteiger partial charge in [0.05, 0.1) is 5.54 Å². The van der Waals surface area contributed by atoms with Gasteiger partial charge >= 0.3 is 0 Å². The molecule has 1 aromatic rings. The van der Waals surface area contributed by atoms with Crippen LogP contribution in [0.2, 0.25) is 0 Å². The van der Waals surface area contributed by atoms with Gasteiger partial charge in [-0.15, -0.1) is 0 Å². The minimum atomic E-state index is -0.651. The fourth-order valence-electron chi connectivity index (χ4n) is 3.98. The Balaban J connectivity index is 1.49. The van der Waals surface area contributed by atoms with Gasteiger partial charge in [0.25, 0.3) is 0 Å². The zero-order chi connectivity index (χ0) is 17.0. The highest BCUT2D eigenvalue weighted by atomic mass is 19.1. The molecule has 1 atom stereocenters. The van der Waals surface area contributed by atoms with E-state index in [1.54, 1.807) is 6.07 Å². The van der Waals surface area contributed by atoms with Gasteiger partial charge in [-0.05, 0) is 44.2 Å². The number of halogens is 1. The van der Waals surface area contributed by atoms with Crippen LogP contribution in [0.3, 0.4) is 0 Å². The lowest BCUT2D eigenvalue weighted by molar-refractivity contribution is -0.126. The van der Waals surface area contributed by atoms with Crippen LogP contribution in [0.4, 0.5) is 4.39 Å². The van der Waals surface area contributed by atoms with E-state index >= 15 is 0 Å². The zero-order valence-electron chi connectivity index (χ0n) is 14.3. The Labute approximate surface area is 143 Å². The first-order valence-corrected chi connectivity index (χ1v) is 9.10. The molecule has 5 heteroatoms. The van der Waals surface area contributed by atoms with Crippen LogP contribution in [0.25, 0.3) is 0 Å². The Bertz CT molecular complexity index is 571. The number of nitrogens with zero attached hydrogens (tertiary/aromatic N) is 1. The summed E-state index contributed by atoms with van der Waals surface area (Å²) in [5.74, 6) is 0.282. The quantitative estimate of drug-likeness (QED) is 0.870. The molecule has 0 aromatic heterocycles. The van der Waals surface area contributed by atoms with Gasteiger partial charge in [0.1, 0.15) is 5.82 Å². The summed E-state index contributed by atoms with van der Waals surface area (Å²) < 4.78 is 13.8. The number of amides is 1. The van der Waals surface area contributed by atoms with E-state index in [0.29, 0.717) is 19.0 Å². The number of hydrogen-bond donors (Lipinski definition) is 2. The molecular weight excluding hydrogens is 305 g/mol. The molecule has 4 nitrogen and oxygen atoms in total. The van der Waals surface area contributed by atoms with E-state index < -0.39 is 5.54 Å². The van der Waals surface area contributed by atoms with Gasteiger partial charge in [-0.1, -0.05) is 31.0 Å². The van der Waals surface area contributed by atoms with Gasteiger partial charge in [0.15, 0.2) is 0 Å². The van der Waals surface area contributed by atoms with Gasteiger partial charge in [0.2, 0.25) is 5.91 Å². The van der Waals surface area contributed by atoms with Crippen LogP contribution in [0.15, 0.2) is 24.3 Å². The summed E-state index contributed by atoms with van der Waals surface area (Å²) in [5.41, 5.74) is 6.29. The molecule has 1 aliphatic carbocycles. The van der Waals surface area contributed by atoms with Gasteiger partial charge in [0, 0.05) is 25.2 Å². The maximum absolute atomic E-state index is 13.8. The Morgan fingerprint density at radius 1 is 1.29 bits per heavy atom. The number of rotatable bonds is 5. The van der Waals surface area contributed by atoms with Crippen molar-refractivity contribution in [2.24, 2.45) is 11.7 Å². The maximum Gasteiger partial charge on any atom is 0.240 e. The molecule has 2 aliphatic rings. The van der Waals surface area contributed by atoms with Gasteiger partial charge in [-0.2, -0.15) is 0 Å². The first-order valence-electron chi connectivity index (χ1n) is 9.10. The Morgan fingerprint density at radius 2 is 2.04 bits per heavy atom. The van der Waals surface area contributed by atoms with Crippen molar-refractivity contribution in [1.29, 1.82) is 0 Å². The van der Waals surface area contributed by atoms with Gasteiger partial charge in [-0.25, -0.2) is 4.39 Å². The van der Waals surface area contributed by atoms with Crippen molar-refractivity contribution in [3.8, 4) is 0 Å². The predicted octanol–water partition coefficient (Wildman–Crippen LogP) is 2.43. The van der Waals surface area contributed by atoms with E-state index in [1.807, 2.05) is 12.1 Å². The average Bonchev–Trinajstić information content (AvgIpc) is 3.03. The van der Waals surface area contributed by atoms with E-state index in [0.717, 1.165) is 57.2 Å². The van der Waals surface area contributed by atoms with Crippen molar-refractivity contribution in [2.75, 3.05) is 19.6 Å². The molecule has 132 valence electrons. The van der Waals surface area contributed by atoms with E-state index in [1.165, 1.54) is 6.07 Å². The highest BCUT2D eigenvalue weighted by Gasteiger charge is 2.37. The lowest BCUT2D eigenvalue weighted by atomic mass is 9.95. The maximum atomic E-state index is 13.8. The average molecular weight is 333 g/mol. The van der Waals surface area contributed by atoms with Crippen LogP contribution >= 0.6 is 0 Å². The molecule has 1 saturated heterocycles. The van der Waals surface area contributed by atoms with Crippen molar-refractivity contribution in [2.45, 2.75) is 50.6 Å². The van der Waals surface area contributed by atoms with Gasteiger partial charge in [-0.3, -0.25) is 9.69 Å². The first kappa shape index (κ1) is 17.4. The standard InChI is InChI=1S/C19H28FN3O/c20-17-8-2-1-7-16(17)14-23-11-5-6-15(13-23)12-22-18(24)19(21)9-3-4-10-19/h1-2,7-8,15H,3-6,9-14,21H2,(H,22,24)/t15-/m0/s1. The number of carbonyl (C=O) groups is 1. The van der Waals surface area contributed by atoms with Crippen LogP contribution < -0.4 is 11.1 Å². The van der Waals surface area contributed by atoms with Crippen molar-refractivity contribution in [3.63, 3.8) is 0 Å². The number of nitrogens with one attached hydrogen (secondary N) is 1. The third kappa shape index (κ3) is 4.14. The van der Waals surface area contributed by atoms with E-state index in [-0.39, 0.29) is 11.7 Å². The van der Waals surface area contributed by atoms with Crippen LogP contribution in [0, 0.1) is 11.7 Å². The second-order valence-electron chi connectivity index (χ2n) is 7.41. The fraction of sp³-hybridized carbons (Fsp3) is 0.632. The topological polar surface area (TPSA) is 58.4 Å². The predicted molar refractivity (Wildman–Crippen MR) is 92.8 cm³/mol. The molecule has 0 unspecified atom stereocenters. The van der Waals surface area contributed by atoms with Crippen molar-refractivity contribution in [3.05, 3.63) is 35.6 Å². The highest BCUT2D eigenvalue weighted by molar-refractivity contribution is 5.86. The minimum absolute atomic E-state index is 0.00577. The molecule has 1 heterocycles. The zero-order valence-corrected chi connectivity index (χ0v) is 14.3.